The fourth-order valence-corrected chi connectivity index (χ4v) is 4.31. The van der Waals surface area contributed by atoms with Gasteiger partial charge in [-0.1, -0.05) is 22.9 Å². The van der Waals surface area contributed by atoms with Crippen molar-refractivity contribution < 1.29 is 13.2 Å². The van der Waals surface area contributed by atoms with E-state index in [-0.39, 0.29) is 15.1 Å². The Balaban J connectivity index is 3.05. The number of nitrogens with one attached hydrogen (secondary N) is 2. The van der Waals surface area contributed by atoms with Gasteiger partial charge in [0.2, 0.25) is 0 Å². The average Bonchev–Trinajstić information content (AvgIpc) is 2.23. The van der Waals surface area contributed by atoms with Gasteiger partial charge in [0.15, 0.2) is 0 Å². The lowest BCUT2D eigenvalue weighted by molar-refractivity contribution is 0.246. The normalized spacial score (nSPS) is 11.1. The highest BCUT2D eigenvalue weighted by Gasteiger charge is 2.23. The Morgan fingerprint density at radius 2 is 2.00 bits per heavy atom. The van der Waals surface area contributed by atoms with Gasteiger partial charge in [0, 0.05) is 15.5 Å². The summed E-state index contributed by atoms with van der Waals surface area (Å²) in [5.74, 6) is 0. The van der Waals surface area contributed by atoms with E-state index in [0.717, 1.165) is 0 Å². The largest absolute Gasteiger partial charge is 0.398 e. The first-order chi connectivity index (χ1) is 8.77. The second-order valence-corrected chi connectivity index (χ2v) is 7.06. The predicted octanol–water partition coefficient (Wildman–Crippen LogP) is 2.19. The van der Waals surface area contributed by atoms with Crippen molar-refractivity contribution in [3.63, 3.8) is 0 Å². The molecule has 19 heavy (non-hydrogen) atoms. The van der Waals surface area contributed by atoms with E-state index in [1.165, 1.54) is 12.1 Å². The highest BCUT2D eigenvalue weighted by Crippen LogP contribution is 2.31. The first-order valence-electron chi connectivity index (χ1n) is 5.33. The van der Waals surface area contributed by atoms with Crippen LogP contribution >= 0.6 is 31.9 Å². The Kier molecular flexibility index (Phi) is 5.63. The van der Waals surface area contributed by atoms with Crippen LogP contribution in [-0.4, -0.2) is 21.0 Å². The van der Waals surface area contributed by atoms with Crippen LogP contribution in [0.2, 0.25) is 0 Å². The van der Waals surface area contributed by atoms with Crippen molar-refractivity contribution in [2.75, 3.05) is 12.3 Å². The van der Waals surface area contributed by atoms with Gasteiger partial charge in [-0.25, -0.2) is 17.9 Å². The number of amides is 2. The van der Waals surface area contributed by atoms with Crippen molar-refractivity contribution in [1.29, 1.82) is 0 Å². The molecule has 1 rings (SSSR count). The molecule has 0 aromatic heterocycles. The van der Waals surface area contributed by atoms with E-state index in [2.05, 4.69) is 37.2 Å². The summed E-state index contributed by atoms with van der Waals surface area (Å²) in [5.41, 5.74) is 5.71. The molecule has 0 aliphatic rings. The van der Waals surface area contributed by atoms with Crippen molar-refractivity contribution in [3.8, 4) is 0 Å². The zero-order valence-electron chi connectivity index (χ0n) is 10.0. The zero-order valence-corrected chi connectivity index (χ0v) is 14.0. The molecule has 0 spiro atoms. The number of hydrogen-bond acceptors (Lipinski definition) is 4. The van der Waals surface area contributed by atoms with Gasteiger partial charge in [-0.2, -0.15) is 0 Å². The van der Waals surface area contributed by atoms with Crippen LogP contribution in [-0.2, 0) is 10.0 Å². The van der Waals surface area contributed by atoms with Crippen LogP contribution in [0, 0.1) is 0 Å². The molecule has 0 unspecified atom stereocenters. The van der Waals surface area contributed by atoms with E-state index in [9.17, 15) is 13.2 Å². The number of anilines is 1. The van der Waals surface area contributed by atoms with E-state index in [0.29, 0.717) is 17.4 Å². The summed E-state index contributed by atoms with van der Waals surface area (Å²) in [6.07, 6.45) is 0.706. The number of benzene rings is 1. The Morgan fingerprint density at radius 1 is 1.37 bits per heavy atom. The maximum atomic E-state index is 12.1. The van der Waals surface area contributed by atoms with Crippen LogP contribution in [0.25, 0.3) is 0 Å². The topological polar surface area (TPSA) is 101 Å². The van der Waals surface area contributed by atoms with Crippen molar-refractivity contribution in [1.82, 2.24) is 10.0 Å². The van der Waals surface area contributed by atoms with Crippen molar-refractivity contribution in [2.45, 2.75) is 18.2 Å². The van der Waals surface area contributed by atoms with Gasteiger partial charge in [-0.3, -0.25) is 0 Å². The van der Waals surface area contributed by atoms with Gasteiger partial charge < -0.3 is 11.1 Å². The van der Waals surface area contributed by atoms with Crippen LogP contribution in [0.5, 0.6) is 0 Å². The Hall–Kier alpha value is -0.800. The number of hydrogen-bond donors (Lipinski definition) is 3. The summed E-state index contributed by atoms with van der Waals surface area (Å²) in [6.45, 7) is 2.25. The Morgan fingerprint density at radius 3 is 2.53 bits per heavy atom. The van der Waals surface area contributed by atoms with Gasteiger partial charge >= 0.3 is 6.03 Å². The van der Waals surface area contributed by atoms with E-state index >= 15 is 0 Å². The molecule has 0 saturated heterocycles. The van der Waals surface area contributed by atoms with Crippen LogP contribution in [0.4, 0.5) is 10.5 Å². The van der Waals surface area contributed by atoms with Crippen LogP contribution < -0.4 is 15.8 Å². The zero-order chi connectivity index (χ0) is 14.6. The molecule has 0 bridgehead atoms. The Bertz CT molecular complexity index is 567. The molecule has 0 aliphatic heterocycles. The quantitative estimate of drug-likeness (QED) is 0.657. The smallest absolute Gasteiger partial charge is 0.328 e. The number of sulfonamides is 1. The minimum Gasteiger partial charge on any atom is -0.398 e. The molecule has 0 aliphatic carbocycles. The third-order valence-electron chi connectivity index (χ3n) is 2.07. The number of nitrogens with two attached hydrogens (primary N) is 1. The number of rotatable bonds is 4. The molecule has 0 fully saturated rings. The summed E-state index contributed by atoms with van der Waals surface area (Å²) in [7, 11) is -4.02. The molecule has 0 heterocycles. The van der Waals surface area contributed by atoms with Crippen molar-refractivity contribution in [2.24, 2.45) is 0 Å². The number of halogens is 2. The monoisotopic (exact) mass is 413 g/mol. The summed E-state index contributed by atoms with van der Waals surface area (Å²) in [5, 5.41) is 2.41. The lowest BCUT2D eigenvalue weighted by atomic mass is 10.3. The SMILES string of the molecule is CCCNC(=O)NS(=O)(=O)c1c(N)cc(Br)cc1Br. The number of urea groups is 1. The molecule has 0 saturated carbocycles. The second kappa shape index (κ2) is 6.58. The Labute approximate surface area is 128 Å². The van der Waals surface area contributed by atoms with Crippen LogP contribution in [0.1, 0.15) is 13.3 Å². The molecule has 106 valence electrons. The molecular formula is C10H13Br2N3O3S. The fourth-order valence-electron chi connectivity index (χ4n) is 1.31. The number of nitrogen functional groups attached to an aromatic ring is 1. The third kappa shape index (κ3) is 4.36. The molecule has 2 amide bonds. The van der Waals surface area contributed by atoms with Gasteiger partial charge in [0.25, 0.3) is 10.0 Å². The maximum absolute atomic E-state index is 12.1. The molecular weight excluding hydrogens is 402 g/mol. The third-order valence-corrected chi connectivity index (χ3v) is 4.86. The minimum atomic E-state index is -4.02. The first kappa shape index (κ1) is 16.3. The molecule has 4 N–H and O–H groups in total. The van der Waals surface area contributed by atoms with Gasteiger partial charge in [0.05, 0.1) is 5.69 Å². The molecule has 9 heteroatoms. The lowest BCUT2D eigenvalue weighted by Gasteiger charge is -2.12. The van der Waals surface area contributed by atoms with Crippen molar-refractivity contribution in [3.05, 3.63) is 21.1 Å². The highest BCUT2D eigenvalue weighted by atomic mass is 79.9. The molecule has 6 nitrogen and oxygen atoms in total. The van der Waals surface area contributed by atoms with Crippen molar-refractivity contribution >= 4 is 53.6 Å². The molecule has 0 radical (unpaired) electrons. The van der Waals surface area contributed by atoms with Gasteiger partial charge in [-0.05, 0) is 34.5 Å². The van der Waals surface area contributed by atoms with E-state index in [4.69, 9.17) is 5.73 Å². The molecule has 1 aromatic carbocycles. The lowest BCUT2D eigenvalue weighted by Crippen LogP contribution is -2.40. The first-order valence-corrected chi connectivity index (χ1v) is 8.40. The average molecular weight is 415 g/mol. The van der Waals surface area contributed by atoms with Crippen LogP contribution in [0.15, 0.2) is 26.0 Å². The summed E-state index contributed by atoms with van der Waals surface area (Å²) in [6, 6.07) is 2.20. The predicted molar refractivity (Wildman–Crippen MR) is 80.3 cm³/mol. The molecule has 0 atom stereocenters. The van der Waals surface area contributed by atoms with Crippen LogP contribution in [0.3, 0.4) is 0 Å². The fraction of sp³-hybridized carbons (Fsp3) is 0.300. The molecule has 1 aromatic rings. The second-order valence-electron chi connectivity index (χ2n) is 3.67. The van der Waals surface area contributed by atoms with E-state index in [1.54, 1.807) is 0 Å². The minimum absolute atomic E-state index is 0.0389. The summed E-state index contributed by atoms with van der Waals surface area (Å²) in [4.78, 5) is 11.2. The summed E-state index contributed by atoms with van der Waals surface area (Å²) < 4.78 is 26.9. The van der Waals surface area contributed by atoms with Gasteiger partial charge in [-0.15, -0.1) is 0 Å². The number of carbonyl (C=O) groups is 1. The standard InChI is InChI=1S/C10H13Br2N3O3S/c1-2-3-14-10(16)15-19(17,18)9-7(12)4-6(11)5-8(9)13/h4-5H,2-3,13H2,1H3,(H2,14,15,16). The van der Waals surface area contributed by atoms with E-state index < -0.39 is 16.1 Å². The van der Waals surface area contributed by atoms with E-state index in [1.807, 2.05) is 11.6 Å². The maximum Gasteiger partial charge on any atom is 0.328 e. The number of carbonyl (C=O) groups excluding carboxylic acids is 1. The highest BCUT2D eigenvalue weighted by molar-refractivity contribution is 9.11. The summed E-state index contributed by atoms with van der Waals surface area (Å²) >= 11 is 6.31. The van der Waals surface area contributed by atoms with Gasteiger partial charge in [0.1, 0.15) is 4.90 Å².